The van der Waals surface area contributed by atoms with E-state index in [1.165, 1.54) is 0 Å². The van der Waals surface area contributed by atoms with Gasteiger partial charge in [0.05, 0.1) is 16.3 Å². The molecule has 0 radical (unpaired) electrons. The van der Waals surface area contributed by atoms with Crippen LogP contribution in [0.25, 0.3) is 16.9 Å². The third-order valence-corrected chi connectivity index (χ3v) is 5.95. The van der Waals surface area contributed by atoms with Crippen LogP contribution < -0.4 is 4.72 Å². The number of rotatable bonds is 4. The molecular formula is C21H17F2N3O2S. The van der Waals surface area contributed by atoms with Crippen molar-refractivity contribution >= 4 is 21.4 Å². The third-order valence-electron chi connectivity index (χ3n) is 4.60. The number of anilines is 1. The van der Waals surface area contributed by atoms with Crippen LogP contribution in [0.1, 0.15) is 11.1 Å². The zero-order valence-corrected chi connectivity index (χ0v) is 16.5. The zero-order valence-electron chi connectivity index (χ0n) is 15.6. The van der Waals surface area contributed by atoms with Crippen LogP contribution in [0.2, 0.25) is 0 Å². The molecule has 0 aliphatic heterocycles. The Hall–Kier alpha value is -3.26. The van der Waals surface area contributed by atoms with Crippen LogP contribution in [0.5, 0.6) is 0 Å². The van der Waals surface area contributed by atoms with Crippen LogP contribution in [0.3, 0.4) is 0 Å². The Balaban J connectivity index is 1.74. The summed E-state index contributed by atoms with van der Waals surface area (Å²) in [6.07, 6.45) is 3.74. The number of aromatic nitrogens is 2. The van der Waals surface area contributed by atoms with Crippen LogP contribution in [-0.4, -0.2) is 17.8 Å². The molecular weight excluding hydrogens is 396 g/mol. The van der Waals surface area contributed by atoms with E-state index in [1.807, 2.05) is 41.9 Å². The molecule has 0 spiro atoms. The van der Waals surface area contributed by atoms with Gasteiger partial charge < -0.3 is 4.40 Å². The largest absolute Gasteiger partial charge is 0.306 e. The molecule has 0 amide bonds. The number of benzene rings is 2. The first-order chi connectivity index (χ1) is 13.7. The van der Waals surface area contributed by atoms with Crippen LogP contribution in [0.4, 0.5) is 14.5 Å². The van der Waals surface area contributed by atoms with Gasteiger partial charge in [0.15, 0.2) is 0 Å². The van der Waals surface area contributed by atoms with E-state index in [0.717, 1.165) is 23.3 Å². The molecule has 4 aromatic rings. The Labute approximate surface area is 166 Å². The lowest BCUT2D eigenvalue weighted by Crippen LogP contribution is -2.14. The minimum Gasteiger partial charge on any atom is -0.306 e. The highest BCUT2D eigenvalue weighted by Crippen LogP contribution is 2.28. The summed E-state index contributed by atoms with van der Waals surface area (Å²) in [5.74, 6) is -1.92. The molecule has 2 aromatic carbocycles. The molecule has 29 heavy (non-hydrogen) atoms. The molecule has 5 nitrogen and oxygen atoms in total. The molecule has 4 rings (SSSR count). The van der Waals surface area contributed by atoms with E-state index >= 15 is 0 Å². The van der Waals surface area contributed by atoms with E-state index < -0.39 is 26.6 Å². The summed E-state index contributed by atoms with van der Waals surface area (Å²) < 4.78 is 56.5. The Bertz CT molecular complexity index is 1330. The smallest absolute Gasteiger partial charge is 0.262 e. The minimum absolute atomic E-state index is 0.306. The molecule has 0 atom stereocenters. The quantitative estimate of drug-likeness (QED) is 0.528. The number of hydrogen-bond acceptors (Lipinski definition) is 3. The summed E-state index contributed by atoms with van der Waals surface area (Å²) in [4.78, 5) is 4.13. The van der Waals surface area contributed by atoms with Gasteiger partial charge in [0.25, 0.3) is 10.0 Å². The second kappa shape index (κ2) is 6.97. The SMILES string of the molecule is Cc1ccc(-c2cn3cccc(C)c3n2)cc1NS(=O)(=O)c1cc(F)cc(F)c1. The lowest BCUT2D eigenvalue weighted by Gasteiger charge is -2.12. The highest BCUT2D eigenvalue weighted by molar-refractivity contribution is 7.92. The van der Waals surface area contributed by atoms with Crippen molar-refractivity contribution < 1.29 is 17.2 Å². The van der Waals surface area contributed by atoms with Gasteiger partial charge in [0, 0.05) is 24.0 Å². The molecule has 0 aliphatic carbocycles. The average molecular weight is 413 g/mol. The number of pyridine rings is 1. The molecule has 0 bridgehead atoms. The van der Waals surface area contributed by atoms with E-state index in [9.17, 15) is 17.2 Å². The van der Waals surface area contributed by atoms with Crippen molar-refractivity contribution in [2.24, 2.45) is 0 Å². The minimum atomic E-state index is -4.17. The summed E-state index contributed by atoms with van der Waals surface area (Å²) in [5, 5.41) is 0. The third kappa shape index (κ3) is 3.71. The lowest BCUT2D eigenvalue weighted by molar-refractivity contribution is 0.568. The topological polar surface area (TPSA) is 63.5 Å². The molecule has 0 fully saturated rings. The Morgan fingerprint density at radius 1 is 0.966 bits per heavy atom. The van der Waals surface area contributed by atoms with Gasteiger partial charge in [-0.2, -0.15) is 0 Å². The first-order valence-electron chi connectivity index (χ1n) is 8.77. The number of imidazole rings is 1. The standard InChI is InChI=1S/C21H17F2N3O2S/c1-13-5-6-15(20-12-26-7-3-4-14(2)21(26)24-20)8-19(13)25-29(27,28)18-10-16(22)9-17(23)11-18/h3-12,25H,1-2H3. The summed E-state index contributed by atoms with van der Waals surface area (Å²) in [7, 11) is -4.17. The molecule has 8 heteroatoms. The first-order valence-corrected chi connectivity index (χ1v) is 10.3. The number of halogens is 2. The van der Waals surface area contributed by atoms with E-state index in [1.54, 1.807) is 19.1 Å². The highest BCUT2D eigenvalue weighted by Gasteiger charge is 2.18. The maximum absolute atomic E-state index is 13.5. The zero-order chi connectivity index (χ0) is 20.8. The van der Waals surface area contributed by atoms with Crippen LogP contribution in [0.15, 0.2) is 65.8 Å². The second-order valence-corrected chi connectivity index (χ2v) is 8.47. The van der Waals surface area contributed by atoms with Crippen molar-refractivity contribution in [3.8, 4) is 11.3 Å². The van der Waals surface area contributed by atoms with Crippen molar-refractivity contribution in [2.75, 3.05) is 4.72 Å². The maximum Gasteiger partial charge on any atom is 0.262 e. The van der Waals surface area contributed by atoms with Gasteiger partial charge in [-0.3, -0.25) is 4.72 Å². The molecule has 0 saturated carbocycles. The Morgan fingerprint density at radius 2 is 1.69 bits per heavy atom. The van der Waals surface area contributed by atoms with Crippen LogP contribution >= 0.6 is 0 Å². The van der Waals surface area contributed by atoms with Crippen molar-refractivity contribution in [1.82, 2.24) is 9.38 Å². The lowest BCUT2D eigenvalue weighted by atomic mass is 10.1. The summed E-state index contributed by atoms with van der Waals surface area (Å²) in [6.45, 7) is 3.69. The fraction of sp³-hybridized carbons (Fsp3) is 0.0952. The molecule has 1 N–H and O–H groups in total. The number of nitrogens with zero attached hydrogens (tertiary/aromatic N) is 2. The number of sulfonamides is 1. The molecule has 148 valence electrons. The predicted octanol–water partition coefficient (Wildman–Crippen LogP) is 4.70. The molecule has 2 heterocycles. The molecule has 0 aliphatic rings. The van der Waals surface area contributed by atoms with Crippen LogP contribution in [-0.2, 0) is 10.0 Å². The average Bonchev–Trinajstić information content (AvgIpc) is 3.08. The number of nitrogens with one attached hydrogen (secondary N) is 1. The number of hydrogen-bond donors (Lipinski definition) is 1. The summed E-state index contributed by atoms with van der Waals surface area (Å²) >= 11 is 0. The second-order valence-electron chi connectivity index (χ2n) is 6.79. The monoisotopic (exact) mass is 413 g/mol. The molecule has 2 aromatic heterocycles. The number of fused-ring (bicyclic) bond motifs is 1. The first kappa shape index (κ1) is 19.1. The molecule has 0 saturated heterocycles. The van der Waals surface area contributed by atoms with Gasteiger partial charge in [-0.05, 0) is 49.2 Å². The summed E-state index contributed by atoms with van der Waals surface area (Å²) in [6, 6.07) is 11.3. The number of aryl methyl sites for hydroxylation is 2. The van der Waals surface area contributed by atoms with Crippen LogP contribution in [0, 0.1) is 25.5 Å². The highest BCUT2D eigenvalue weighted by atomic mass is 32.2. The van der Waals surface area contributed by atoms with E-state index in [0.29, 0.717) is 28.6 Å². The van der Waals surface area contributed by atoms with Crippen molar-refractivity contribution in [3.63, 3.8) is 0 Å². The fourth-order valence-corrected chi connectivity index (χ4v) is 4.23. The fourth-order valence-electron chi connectivity index (χ4n) is 3.07. The molecule has 0 unspecified atom stereocenters. The maximum atomic E-state index is 13.5. The van der Waals surface area contributed by atoms with Gasteiger partial charge in [0.2, 0.25) is 0 Å². The Morgan fingerprint density at radius 3 is 2.38 bits per heavy atom. The van der Waals surface area contributed by atoms with E-state index in [2.05, 4.69) is 9.71 Å². The summed E-state index contributed by atoms with van der Waals surface area (Å²) in [5.41, 5.74) is 4.17. The van der Waals surface area contributed by atoms with Gasteiger partial charge in [0.1, 0.15) is 17.3 Å². The van der Waals surface area contributed by atoms with E-state index in [4.69, 9.17) is 0 Å². The Kier molecular flexibility index (Phi) is 4.58. The normalized spacial score (nSPS) is 11.7. The predicted molar refractivity (Wildman–Crippen MR) is 107 cm³/mol. The van der Waals surface area contributed by atoms with Crippen molar-refractivity contribution in [3.05, 3.63) is 83.7 Å². The van der Waals surface area contributed by atoms with Gasteiger partial charge in [-0.1, -0.05) is 18.2 Å². The van der Waals surface area contributed by atoms with E-state index in [-0.39, 0.29) is 0 Å². The van der Waals surface area contributed by atoms with Gasteiger partial charge in [-0.15, -0.1) is 0 Å². The van der Waals surface area contributed by atoms with Gasteiger partial charge >= 0.3 is 0 Å². The van der Waals surface area contributed by atoms with Crippen molar-refractivity contribution in [1.29, 1.82) is 0 Å². The van der Waals surface area contributed by atoms with Gasteiger partial charge in [-0.25, -0.2) is 22.2 Å². The van der Waals surface area contributed by atoms with Crippen molar-refractivity contribution in [2.45, 2.75) is 18.7 Å².